The molecule has 0 N–H and O–H groups in total. The summed E-state index contributed by atoms with van der Waals surface area (Å²) in [6.07, 6.45) is 0. The Hall–Kier alpha value is -4.52. The van der Waals surface area contributed by atoms with Crippen LogP contribution in [0.2, 0.25) is 0 Å². The van der Waals surface area contributed by atoms with Gasteiger partial charge in [-0.05, 0) is 48.7 Å². The molecule has 6 rings (SSSR count). The van der Waals surface area contributed by atoms with E-state index in [0.717, 1.165) is 15.2 Å². The highest BCUT2D eigenvalue weighted by Gasteiger charge is 2.37. The van der Waals surface area contributed by atoms with Crippen molar-refractivity contribution in [1.29, 1.82) is 0 Å². The maximum absolute atomic E-state index is 13.8. The van der Waals surface area contributed by atoms with Crippen LogP contribution in [0.5, 0.6) is 5.75 Å². The topological polar surface area (TPSA) is 84.0 Å². The first-order valence-corrected chi connectivity index (χ1v) is 10.9. The van der Waals surface area contributed by atoms with Crippen molar-refractivity contribution >= 4 is 50.9 Å². The van der Waals surface area contributed by atoms with E-state index in [1.165, 1.54) is 7.05 Å². The van der Waals surface area contributed by atoms with Gasteiger partial charge in [-0.1, -0.05) is 24.3 Å². The molecule has 0 unspecified atom stereocenters. The Kier molecular flexibility index (Phi) is 4.13. The Balaban J connectivity index is 1.62. The minimum atomic E-state index is -0.485. The molecule has 4 amide bonds. The highest BCUT2D eigenvalue weighted by molar-refractivity contribution is 6.38. The third-order valence-corrected chi connectivity index (χ3v) is 6.46. The van der Waals surface area contributed by atoms with E-state index in [-0.39, 0.29) is 0 Å². The first-order valence-electron chi connectivity index (χ1n) is 10.9. The molecule has 166 valence electrons. The van der Waals surface area contributed by atoms with Crippen molar-refractivity contribution in [3.8, 4) is 5.75 Å². The van der Waals surface area contributed by atoms with Crippen molar-refractivity contribution in [2.45, 2.75) is 6.92 Å². The summed E-state index contributed by atoms with van der Waals surface area (Å²) in [4.78, 5) is 55.1. The Labute approximate surface area is 194 Å². The molecule has 0 saturated heterocycles. The van der Waals surface area contributed by atoms with E-state index in [2.05, 4.69) is 0 Å². The molecule has 0 aromatic heterocycles. The number of nitrogens with zero attached hydrogens (tertiary/aromatic N) is 2. The number of carbonyl (C=O) groups excluding carboxylic acids is 4. The average Bonchev–Trinajstić information content (AvgIpc) is 2.85. The molecule has 0 bridgehead atoms. The van der Waals surface area contributed by atoms with Crippen molar-refractivity contribution < 1.29 is 23.9 Å². The van der Waals surface area contributed by atoms with E-state index >= 15 is 0 Å². The minimum Gasteiger partial charge on any atom is -0.494 e. The normalized spacial score (nSPS) is 15.0. The largest absolute Gasteiger partial charge is 0.494 e. The number of hydrogen-bond donors (Lipinski definition) is 0. The van der Waals surface area contributed by atoms with Crippen molar-refractivity contribution in [1.82, 2.24) is 4.90 Å². The lowest BCUT2D eigenvalue weighted by Crippen LogP contribution is -2.41. The standard InChI is InChI=1S/C27H18N2O5/c1-3-34-15-12-14-6-4-8-17-22(14)20(13-15)27(33)29(26(17)32)21-11-10-19-23-16(21)7-5-9-18(23)24(30)28(2)25(19)31/h4-13H,3H2,1-2H3. The summed E-state index contributed by atoms with van der Waals surface area (Å²) in [6, 6.07) is 17.0. The number of rotatable bonds is 3. The fourth-order valence-electron chi connectivity index (χ4n) is 4.95. The van der Waals surface area contributed by atoms with Crippen LogP contribution in [-0.2, 0) is 0 Å². The van der Waals surface area contributed by atoms with Gasteiger partial charge in [0.2, 0.25) is 0 Å². The van der Waals surface area contributed by atoms with Crippen LogP contribution in [0, 0.1) is 0 Å². The first-order chi connectivity index (χ1) is 16.4. The van der Waals surface area contributed by atoms with E-state index in [1.807, 2.05) is 19.1 Å². The Bertz CT molecular complexity index is 1600. The predicted molar refractivity (Wildman–Crippen MR) is 127 cm³/mol. The molecule has 0 saturated carbocycles. The van der Waals surface area contributed by atoms with E-state index in [0.29, 0.717) is 56.5 Å². The number of benzene rings is 4. The number of carbonyl (C=O) groups is 4. The van der Waals surface area contributed by atoms with Gasteiger partial charge in [-0.2, -0.15) is 0 Å². The van der Waals surface area contributed by atoms with Crippen molar-refractivity contribution in [3.05, 3.63) is 82.9 Å². The highest BCUT2D eigenvalue weighted by Crippen LogP contribution is 2.40. The molecular weight excluding hydrogens is 432 g/mol. The lowest BCUT2D eigenvalue weighted by Gasteiger charge is -2.30. The second-order valence-electron chi connectivity index (χ2n) is 8.28. The quantitative estimate of drug-likeness (QED) is 0.432. The van der Waals surface area contributed by atoms with Crippen molar-refractivity contribution in [2.24, 2.45) is 0 Å². The Morgan fingerprint density at radius 3 is 2.09 bits per heavy atom. The van der Waals surface area contributed by atoms with Gasteiger partial charge in [0.25, 0.3) is 23.6 Å². The summed E-state index contributed by atoms with van der Waals surface area (Å²) in [5, 5.41) is 2.27. The molecule has 2 aliphatic heterocycles. The van der Waals surface area contributed by atoms with Crippen LogP contribution in [0.3, 0.4) is 0 Å². The zero-order chi connectivity index (χ0) is 23.7. The Morgan fingerprint density at radius 2 is 1.35 bits per heavy atom. The van der Waals surface area contributed by atoms with Crippen LogP contribution < -0.4 is 9.64 Å². The molecule has 7 nitrogen and oxygen atoms in total. The lowest BCUT2D eigenvalue weighted by molar-refractivity contribution is 0.0650. The van der Waals surface area contributed by atoms with Crippen molar-refractivity contribution in [2.75, 3.05) is 18.6 Å². The summed E-state index contributed by atoms with van der Waals surface area (Å²) in [7, 11) is 1.44. The molecule has 34 heavy (non-hydrogen) atoms. The molecular formula is C27H18N2O5. The zero-order valence-electron chi connectivity index (χ0n) is 18.4. The Morgan fingerprint density at radius 1 is 0.706 bits per heavy atom. The lowest BCUT2D eigenvalue weighted by atomic mass is 9.90. The number of anilines is 1. The van der Waals surface area contributed by atoms with E-state index in [4.69, 9.17) is 4.74 Å². The monoisotopic (exact) mass is 450 g/mol. The van der Waals surface area contributed by atoms with Crippen LogP contribution in [-0.4, -0.2) is 42.2 Å². The van der Waals surface area contributed by atoms with E-state index in [9.17, 15) is 19.2 Å². The molecule has 2 aliphatic rings. The van der Waals surface area contributed by atoms with E-state index < -0.39 is 23.6 Å². The van der Waals surface area contributed by atoms with Gasteiger partial charge in [0.15, 0.2) is 0 Å². The molecule has 0 atom stereocenters. The van der Waals surface area contributed by atoms with Gasteiger partial charge < -0.3 is 4.74 Å². The third-order valence-electron chi connectivity index (χ3n) is 6.46. The van der Waals surface area contributed by atoms with Crippen molar-refractivity contribution in [3.63, 3.8) is 0 Å². The molecule has 0 radical (unpaired) electrons. The average molecular weight is 450 g/mol. The highest BCUT2D eigenvalue weighted by atomic mass is 16.5. The second-order valence-corrected chi connectivity index (χ2v) is 8.28. The molecule has 2 heterocycles. The number of ether oxygens (including phenoxy) is 1. The fraction of sp³-hybridized carbons (Fsp3) is 0.111. The molecule has 4 aromatic carbocycles. The van der Waals surface area contributed by atoms with Gasteiger partial charge in [0.1, 0.15) is 5.75 Å². The molecule has 7 heteroatoms. The number of hydrogen-bond acceptors (Lipinski definition) is 5. The summed E-state index contributed by atoms with van der Waals surface area (Å²) in [5.74, 6) is -1.25. The van der Waals surface area contributed by atoms with Gasteiger partial charge in [-0.25, -0.2) is 4.90 Å². The third kappa shape index (κ3) is 2.52. The molecule has 0 fully saturated rings. The zero-order valence-corrected chi connectivity index (χ0v) is 18.4. The summed E-state index contributed by atoms with van der Waals surface area (Å²) >= 11 is 0. The van der Waals surface area contributed by atoms with Gasteiger partial charge in [0.05, 0.1) is 17.9 Å². The van der Waals surface area contributed by atoms with Gasteiger partial charge in [0, 0.05) is 39.9 Å². The smallest absolute Gasteiger partial charge is 0.266 e. The van der Waals surface area contributed by atoms with Crippen LogP contribution in [0.25, 0.3) is 21.5 Å². The van der Waals surface area contributed by atoms with Crippen LogP contribution in [0.15, 0.2) is 60.7 Å². The minimum absolute atomic E-state index is 0.324. The molecule has 4 aromatic rings. The van der Waals surface area contributed by atoms with Crippen LogP contribution >= 0.6 is 0 Å². The summed E-state index contributed by atoms with van der Waals surface area (Å²) < 4.78 is 5.66. The van der Waals surface area contributed by atoms with E-state index in [1.54, 1.807) is 48.5 Å². The second kappa shape index (κ2) is 6.99. The summed E-state index contributed by atoms with van der Waals surface area (Å²) in [5.41, 5.74) is 1.81. The molecule has 0 aliphatic carbocycles. The first kappa shape index (κ1) is 20.1. The number of imide groups is 2. The summed E-state index contributed by atoms with van der Waals surface area (Å²) in [6.45, 7) is 2.30. The molecule has 0 spiro atoms. The maximum Gasteiger partial charge on any atom is 0.266 e. The SMILES string of the molecule is CCOc1cc2c3c(cccc3c1)C(=O)N(c1ccc3c4c(cccc14)C(=O)N(C)C3=O)C2=O. The maximum atomic E-state index is 13.8. The van der Waals surface area contributed by atoms with Gasteiger partial charge in [-0.3, -0.25) is 24.1 Å². The van der Waals surface area contributed by atoms with Gasteiger partial charge >= 0.3 is 0 Å². The fourth-order valence-corrected chi connectivity index (χ4v) is 4.95. The predicted octanol–water partition coefficient (Wildman–Crippen LogP) is 4.42. The van der Waals surface area contributed by atoms with Crippen LogP contribution in [0.4, 0.5) is 5.69 Å². The number of amides is 4. The van der Waals surface area contributed by atoms with Gasteiger partial charge in [-0.15, -0.1) is 0 Å². The van der Waals surface area contributed by atoms with Crippen LogP contribution in [0.1, 0.15) is 48.4 Å².